The van der Waals surface area contributed by atoms with Crippen molar-refractivity contribution in [1.82, 2.24) is 14.2 Å². The molecule has 3 aromatic rings. The first-order valence-corrected chi connectivity index (χ1v) is 15.3. The van der Waals surface area contributed by atoms with E-state index in [0.29, 0.717) is 37.1 Å². The Balaban J connectivity index is 1.31. The molecule has 0 aliphatic carbocycles. The molecular weight excluding hydrogens is 514 g/mol. The van der Waals surface area contributed by atoms with Gasteiger partial charge in [0, 0.05) is 61.1 Å². The number of nitrogens with zero attached hydrogens (tertiary/aromatic N) is 3. The lowest BCUT2D eigenvalue weighted by atomic mass is 9.95. The molecule has 9 nitrogen and oxygen atoms in total. The number of carbonyl (C=O) groups is 2. The maximum atomic E-state index is 13.4. The summed E-state index contributed by atoms with van der Waals surface area (Å²) in [4.78, 5) is 33.4. The Kier molecular flexibility index (Phi) is 6.47. The van der Waals surface area contributed by atoms with Gasteiger partial charge in [-0.15, -0.1) is 0 Å². The minimum absolute atomic E-state index is 0.104. The van der Waals surface area contributed by atoms with Gasteiger partial charge in [-0.05, 0) is 61.1 Å². The maximum absolute atomic E-state index is 13.4. The molecule has 0 spiro atoms. The van der Waals surface area contributed by atoms with Crippen LogP contribution >= 0.6 is 0 Å². The first-order valence-electron chi connectivity index (χ1n) is 13.4. The highest BCUT2D eigenvalue weighted by atomic mass is 32.2. The highest BCUT2D eigenvalue weighted by Gasteiger charge is 2.33. The molecule has 10 heteroatoms. The van der Waals surface area contributed by atoms with Crippen molar-refractivity contribution >= 4 is 44.0 Å². The van der Waals surface area contributed by atoms with Crippen LogP contribution in [-0.2, 0) is 16.4 Å². The highest BCUT2D eigenvalue weighted by molar-refractivity contribution is 7.88. The number of carbonyl (C=O) groups excluding carboxylic acids is 2. The number of nitrogens with two attached hydrogens (primary N) is 1. The molecule has 3 aliphatic heterocycles. The maximum Gasteiger partial charge on any atom is 0.254 e. The molecule has 6 rings (SSSR count). The van der Waals surface area contributed by atoms with Crippen LogP contribution < -0.4 is 10.6 Å². The number of hydrogen-bond acceptors (Lipinski definition) is 5. The zero-order valence-electron chi connectivity index (χ0n) is 22.0. The van der Waals surface area contributed by atoms with E-state index in [0.717, 1.165) is 65.8 Å². The van der Waals surface area contributed by atoms with Crippen LogP contribution in [0.3, 0.4) is 0 Å². The van der Waals surface area contributed by atoms with E-state index in [2.05, 4.69) is 9.88 Å². The first kappa shape index (κ1) is 25.6. The van der Waals surface area contributed by atoms with Crippen LogP contribution in [-0.4, -0.2) is 79.4 Å². The summed E-state index contributed by atoms with van der Waals surface area (Å²) in [6.45, 7) is 3.02. The van der Waals surface area contributed by atoms with Gasteiger partial charge in [0.25, 0.3) is 11.8 Å². The lowest BCUT2D eigenvalue weighted by Gasteiger charge is -2.42. The van der Waals surface area contributed by atoms with Crippen LogP contribution in [0.5, 0.6) is 0 Å². The van der Waals surface area contributed by atoms with Crippen molar-refractivity contribution < 1.29 is 18.0 Å². The second kappa shape index (κ2) is 9.84. The van der Waals surface area contributed by atoms with Gasteiger partial charge in [0.2, 0.25) is 10.0 Å². The molecular formula is C29H33N5O4S. The minimum atomic E-state index is -3.25. The fraction of sp³-hybridized carbons (Fsp3) is 0.379. The van der Waals surface area contributed by atoms with Gasteiger partial charge in [0.15, 0.2) is 0 Å². The van der Waals surface area contributed by atoms with Crippen LogP contribution in [0.25, 0.3) is 16.5 Å². The van der Waals surface area contributed by atoms with Crippen LogP contribution in [0, 0.1) is 0 Å². The normalized spacial score (nSPS) is 20.7. The minimum Gasteiger partial charge on any atom is -0.369 e. The van der Waals surface area contributed by atoms with Gasteiger partial charge in [0.1, 0.15) is 0 Å². The molecule has 4 heterocycles. The molecule has 1 saturated heterocycles. The van der Waals surface area contributed by atoms with Crippen LogP contribution in [0.15, 0.2) is 48.5 Å². The topological polar surface area (TPSA) is 120 Å². The average Bonchev–Trinajstić information content (AvgIpc) is 3.38. The summed E-state index contributed by atoms with van der Waals surface area (Å²) in [5.74, 6) is -0.399. The number of sulfonamides is 1. The summed E-state index contributed by atoms with van der Waals surface area (Å²) >= 11 is 0. The molecule has 1 atom stereocenters. The number of anilines is 1. The molecule has 1 fully saturated rings. The van der Waals surface area contributed by atoms with Crippen molar-refractivity contribution in [2.45, 2.75) is 31.7 Å². The Morgan fingerprint density at radius 2 is 1.90 bits per heavy atom. The summed E-state index contributed by atoms with van der Waals surface area (Å²) in [7, 11) is -3.25. The Hall–Kier alpha value is -3.63. The Morgan fingerprint density at radius 3 is 2.64 bits per heavy atom. The van der Waals surface area contributed by atoms with E-state index in [9.17, 15) is 18.0 Å². The molecule has 39 heavy (non-hydrogen) atoms. The third-order valence-corrected chi connectivity index (χ3v) is 9.60. The third-order valence-electron chi connectivity index (χ3n) is 8.33. The van der Waals surface area contributed by atoms with E-state index >= 15 is 0 Å². The van der Waals surface area contributed by atoms with Gasteiger partial charge >= 0.3 is 0 Å². The zero-order valence-corrected chi connectivity index (χ0v) is 22.8. The number of fused-ring (bicyclic) bond motifs is 2. The smallest absolute Gasteiger partial charge is 0.254 e. The second-order valence-corrected chi connectivity index (χ2v) is 12.7. The van der Waals surface area contributed by atoms with E-state index in [1.165, 1.54) is 10.6 Å². The summed E-state index contributed by atoms with van der Waals surface area (Å²) < 4.78 is 25.3. The van der Waals surface area contributed by atoms with E-state index in [4.69, 9.17) is 5.73 Å². The second-order valence-electron chi connectivity index (χ2n) is 10.7. The number of H-pyrrole nitrogens is 1. The number of hydrogen-bond donors (Lipinski definition) is 2. The zero-order chi connectivity index (χ0) is 27.3. The number of nitrogens with one attached hydrogen (secondary N) is 1. The van der Waals surface area contributed by atoms with Crippen molar-refractivity contribution in [3.63, 3.8) is 0 Å². The predicted molar refractivity (Wildman–Crippen MR) is 152 cm³/mol. The van der Waals surface area contributed by atoms with Crippen LogP contribution in [0.2, 0.25) is 0 Å². The fourth-order valence-corrected chi connectivity index (χ4v) is 7.04. The van der Waals surface area contributed by atoms with E-state index in [-0.39, 0.29) is 11.9 Å². The Bertz CT molecular complexity index is 1610. The molecule has 0 unspecified atom stereocenters. The van der Waals surface area contributed by atoms with Crippen molar-refractivity contribution in [3.8, 4) is 0 Å². The highest BCUT2D eigenvalue weighted by Crippen LogP contribution is 2.36. The summed E-state index contributed by atoms with van der Waals surface area (Å²) in [5.41, 5.74) is 11.6. The van der Waals surface area contributed by atoms with Crippen molar-refractivity contribution in [3.05, 3.63) is 70.9 Å². The standard InChI is InChI=1S/C29H33N5O4S/c1-39(37,38)33-14-10-20(11-15-33)25-17-24-26(9-8-23(28(30)35)27(24)31-25)32-13-4-6-21(18-32)34-16-12-19-5-2-3-7-22(19)29(34)36/h2-3,5,7-10,17,21,31H,4,6,11-16,18H2,1H3,(H2,30,35)/t21-/m1/s1. The molecule has 0 radical (unpaired) electrons. The third kappa shape index (κ3) is 4.72. The van der Waals surface area contributed by atoms with Crippen molar-refractivity contribution in [2.24, 2.45) is 5.73 Å². The van der Waals surface area contributed by atoms with Gasteiger partial charge in [-0.3, -0.25) is 9.59 Å². The molecule has 0 bridgehead atoms. The molecule has 0 saturated carbocycles. The van der Waals surface area contributed by atoms with Gasteiger partial charge in [-0.25, -0.2) is 8.42 Å². The lowest BCUT2D eigenvalue weighted by molar-refractivity contribution is 0.0641. The molecule has 2 amide bonds. The van der Waals surface area contributed by atoms with Crippen molar-refractivity contribution in [1.29, 1.82) is 0 Å². The van der Waals surface area contributed by atoms with Gasteiger partial charge < -0.3 is 20.5 Å². The van der Waals surface area contributed by atoms with E-state index < -0.39 is 15.9 Å². The number of primary amides is 1. The Morgan fingerprint density at radius 1 is 1.08 bits per heavy atom. The number of aromatic amines is 1. The number of benzene rings is 2. The van der Waals surface area contributed by atoms with Gasteiger partial charge in [-0.1, -0.05) is 24.3 Å². The number of piperidine rings is 1. The number of rotatable bonds is 5. The van der Waals surface area contributed by atoms with Crippen LogP contribution in [0.4, 0.5) is 5.69 Å². The predicted octanol–water partition coefficient (Wildman–Crippen LogP) is 2.98. The van der Waals surface area contributed by atoms with Crippen LogP contribution in [0.1, 0.15) is 51.2 Å². The number of amides is 2. The molecule has 1 aromatic heterocycles. The van der Waals surface area contributed by atoms with E-state index in [1.54, 1.807) is 6.07 Å². The molecule has 204 valence electrons. The lowest BCUT2D eigenvalue weighted by Crippen LogP contribution is -2.52. The largest absolute Gasteiger partial charge is 0.369 e. The average molecular weight is 548 g/mol. The summed E-state index contributed by atoms with van der Waals surface area (Å²) in [6.07, 6.45) is 6.50. The number of aromatic nitrogens is 1. The summed E-state index contributed by atoms with van der Waals surface area (Å²) in [6, 6.07) is 13.8. The van der Waals surface area contributed by atoms with E-state index in [1.807, 2.05) is 47.4 Å². The monoisotopic (exact) mass is 547 g/mol. The van der Waals surface area contributed by atoms with Gasteiger partial charge in [0.05, 0.1) is 17.3 Å². The Labute approximate surface area is 228 Å². The summed E-state index contributed by atoms with van der Waals surface area (Å²) in [5, 5.41) is 0.906. The molecule has 3 N–H and O–H groups in total. The fourth-order valence-electron chi connectivity index (χ4n) is 6.28. The molecule has 2 aromatic carbocycles. The quantitative estimate of drug-likeness (QED) is 0.509. The van der Waals surface area contributed by atoms with Crippen molar-refractivity contribution in [2.75, 3.05) is 43.9 Å². The molecule has 3 aliphatic rings. The van der Waals surface area contributed by atoms with Gasteiger partial charge in [-0.2, -0.15) is 4.31 Å². The first-order chi connectivity index (χ1) is 18.7. The SMILES string of the molecule is CS(=O)(=O)N1CC=C(c2cc3c(N4CCC[C@@H](N5CCc6ccccc6C5=O)C4)ccc(C(N)=O)c3[nH]2)CC1.